The summed E-state index contributed by atoms with van der Waals surface area (Å²) >= 11 is 0. The molecule has 2 aromatic rings. The molecule has 24 heavy (non-hydrogen) atoms. The number of esters is 1. The number of carbonyl (C=O) groups excluding carboxylic acids is 2. The molecular weight excluding hydrogens is 310 g/mol. The highest BCUT2D eigenvalue weighted by Crippen LogP contribution is 2.24. The van der Waals surface area contributed by atoms with E-state index in [1.165, 1.54) is 20.3 Å². The van der Waals surface area contributed by atoms with Crippen LogP contribution in [0.5, 0.6) is 11.5 Å². The Labute approximate surface area is 140 Å². The van der Waals surface area contributed by atoms with Crippen LogP contribution >= 0.6 is 0 Å². The van der Waals surface area contributed by atoms with Gasteiger partial charge in [-0.1, -0.05) is 17.7 Å². The molecule has 6 heteroatoms. The average Bonchev–Trinajstić information content (AvgIpc) is 2.61. The van der Waals surface area contributed by atoms with Crippen molar-refractivity contribution in [2.24, 2.45) is 0 Å². The van der Waals surface area contributed by atoms with Crippen LogP contribution in [0.4, 0.5) is 5.69 Å². The molecule has 0 unspecified atom stereocenters. The van der Waals surface area contributed by atoms with Crippen LogP contribution in [0.1, 0.15) is 15.9 Å². The Morgan fingerprint density at radius 2 is 1.71 bits per heavy atom. The molecule has 1 N–H and O–H groups in total. The monoisotopic (exact) mass is 329 g/mol. The van der Waals surface area contributed by atoms with E-state index in [1.807, 2.05) is 19.1 Å². The zero-order valence-electron chi connectivity index (χ0n) is 13.8. The normalized spacial score (nSPS) is 9.96. The molecule has 126 valence electrons. The first-order valence-electron chi connectivity index (χ1n) is 7.29. The molecule has 0 radical (unpaired) electrons. The standard InChI is InChI=1S/C18H19NO5/c1-12-4-6-13(7-5-12)19-17(20)11-24-18(21)15-10-14(22-2)8-9-16(15)23-3/h4-10H,11H2,1-3H3,(H,19,20). The number of amides is 1. The van der Waals surface area contributed by atoms with Gasteiger partial charge in [-0.15, -0.1) is 0 Å². The Kier molecular flexibility index (Phi) is 5.78. The molecule has 2 rings (SSSR count). The predicted octanol–water partition coefficient (Wildman–Crippen LogP) is 2.81. The van der Waals surface area contributed by atoms with Crippen molar-refractivity contribution in [2.75, 3.05) is 26.1 Å². The second kappa shape index (κ2) is 8.01. The summed E-state index contributed by atoms with van der Waals surface area (Å²) in [4.78, 5) is 24.0. The van der Waals surface area contributed by atoms with Gasteiger partial charge in [-0.05, 0) is 37.3 Å². The van der Waals surface area contributed by atoms with E-state index in [9.17, 15) is 9.59 Å². The van der Waals surface area contributed by atoms with Crippen molar-refractivity contribution in [1.29, 1.82) is 0 Å². The predicted molar refractivity (Wildman–Crippen MR) is 89.6 cm³/mol. The minimum Gasteiger partial charge on any atom is -0.497 e. The Hall–Kier alpha value is -3.02. The highest BCUT2D eigenvalue weighted by molar-refractivity contribution is 5.97. The maximum absolute atomic E-state index is 12.2. The zero-order chi connectivity index (χ0) is 17.5. The first kappa shape index (κ1) is 17.3. The number of rotatable bonds is 6. The third-order valence-electron chi connectivity index (χ3n) is 3.30. The Morgan fingerprint density at radius 3 is 2.33 bits per heavy atom. The van der Waals surface area contributed by atoms with E-state index < -0.39 is 18.5 Å². The maximum atomic E-state index is 12.2. The number of benzene rings is 2. The summed E-state index contributed by atoms with van der Waals surface area (Å²) in [6, 6.07) is 12.1. The van der Waals surface area contributed by atoms with Gasteiger partial charge in [-0.3, -0.25) is 4.79 Å². The molecule has 0 aromatic heterocycles. The fourth-order valence-electron chi connectivity index (χ4n) is 2.02. The van der Waals surface area contributed by atoms with Crippen molar-refractivity contribution in [3.05, 3.63) is 53.6 Å². The smallest absolute Gasteiger partial charge is 0.342 e. The molecule has 1 amide bonds. The van der Waals surface area contributed by atoms with Gasteiger partial charge in [0.2, 0.25) is 0 Å². The number of hydrogen-bond donors (Lipinski definition) is 1. The maximum Gasteiger partial charge on any atom is 0.342 e. The summed E-state index contributed by atoms with van der Waals surface area (Å²) in [6.45, 7) is 1.56. The van der Waals surface area contributed by atoms with Crippen molar-refractivity contribution < 1.29 is 23.8 Å². The summed E-state index contributed by atoms with van der Waals surface area (Å²) in [5, 5.41) is 2.66. The Balaban J connectivity index is 1.97. The number of aryl methyl sites for hydroxylation is 1. The van der Waals surface area contributed by atoms with E-state index in [0.717, 1.165) is 5.56 Å². The van der Waals surface area contributed by atoms with Crippen LogP contribution in [0.15, 0.2) is 42.5 Å². The fourth-order valence-corrected chi connectivity index (χ4v) is 2.02. The van der Waals surface area contributed by atoms with Crippen LogP contribution in [0.25, 0.3) is 0 Å². The van der Waals surface area contributed by atoms with E-state index >= 15 is 0 Å². The van der Waals surface area contributed by atoms with Crippen LogP contribution in [0.2, 0.25) is 0 Å². The third kappa shape index (κ3) is 4.49. The number of nitrogens with one attached hydrogen (secondary N) is 1. The molecule has 0 aliphatic heterocycles. The second-order valence-electron chi connectivity index (χ2n) is 5.06. The topological polar surface area (TPSA) is 73.9 Å². The Morgan fingerprint density at radius 1 is 1.00 bits per heavy atom. The highest BCUT2D eigenvalue weighted by atomic mass is 16.5. The molecule has 0 aliphatic rings. The lowest BCUT2D eigenvalue weighted by Crippen LogP contribution is -2.21. The van der Waals surface area contributed by atoms with Gasteiger partial charge in [0, 0.05) is 5.69 Å². The molecule has 0 heterocycles. The average molecular weight is 329 g/mol. The third-order valence-corrected chi connectivity index (χ3v) is 3.30. The van der Waals surface area contributed by atoms with Gasteiger partial charge in [0.15, 0.2) is 6.61 Å². The quantitative estimate of drug-likeness (QED) is 0.825. The molecule has 0 saturated carbocycles. The number of anilines is 1. The minimum atomic E-state index is -0.662. The first-order valence-corrected chi connectivity index (χ1v) is 7.29. The van der Waals surface area contributed by atoms with Gasteiger partial charge in [-0.2, -0.15) is 0 Å². The first-order chi connectivity index (χ1) is 11.5. The van der Waals surface area contributed by atoms with Gasteiger partial charge < -0.3 is 19.5 Å². The van der Waals surface area contributed by atoms with Gasteiger partial charge in [-0.25, -0.2) is 4.79 Å². The van der Waals surface area contributed by atoms with Gasteiger partial charge in [0.1, 0.15) is 17.1 Å². The van der Waals surface area contributed by atoms with E-state index in [-0.39, 0.29) is 5.56 Å². The number of ether oxygens (including phenoxy) is 3. The van der Waals surface area contributed by atoms with Crippen molar-refractivity contribution in [2.45, 2.75) is 6.92 Å². The fraction of sp³-hybridized carbons (Fsp3) is 0.222. The van der Waals surface area contributed by atoms with Crippen LogP contribution in [0.3, 0.4) is 0 Å². The molecule has 2 aromatic carbocycles. The number of carbonyl (C=O) groups is 2. The lowest BCUT2D eigenvalue weighted by Gasteiger charge is -2.10. The molecule has 6 nitrogen and oxygen atoms in total. The summed E-state index contributed by atoms with van der Waals surface area (Å²) in [5.74, 6) is -0.245. The molecule has 0 aliphatic carbocycles. The summed E-state index contributed by atoms with van der Waals surface area (Å²) in [6.07, 6.45) is 0. The molecule has 0 fully saturated rings. The van der Waals surface area contributed by atoms with Crippen molar-refractivity contribution in [1.82, 2.24) is 0 Å². The lowest BCUT2D eigenvalue weighted by molar-refractivity contribution is -0.119. The van der Waals surface area contributed by atoms with Crippen LogP contribution < -0.4 is 14.8 Å². The van der Waals surface area contributed by atoms with E-state index in [1.54, 1.807) is 24.3 Å². The van der Waals surface area contributed by atoms with Gasteiger partial charge in [0.05, 0.1) is 14.2 Å². The largest absolute Gasteiger partial charge is 0.497 e. The van der Waals surface area contributed by atoms with E-state index in [2.05, 4.69) is 5.32 Å². The summed E-state index contributed by atoms with van der Waals surface area (Å²) in [5.41, 5.74) is 1.92. The van der Waals surface area contributed by atoms with Crippen molar-refractivity contribution >= 4 is 17.6 Å². The van der Waals surface area contributed by atoms with Gasteiger partial charge >= 0.3 is 5.97 Å². The SMILES string of the molecule is COc1ccc(OC)c(C(=O)OCC(=O)Nc2ccc(C)cc2)c1. The summed E-state index contributed by atoms with van der Waals surface area (Å²) < 4.78 is 15.2. The molecule has 0 atom stereocenters. The van der Waals surface area contributed by atoms with Gasteiger partial charge in [0.25, 0.3) is 5.91 Å². The van der Waals surface area contributed by atoms with E-state index in [4.69, 9.17) is 14.2 Å². The summed E-state index contributed by atoms with van der Waals surface area (Å²) in [7, 11) is 2.94. The molecule has 0 saturated heterocycles. The second-order valence-corrected chi connectivity index (χ2v) is 5.06. The van der Waals surface area contributed by atoms with Crippen molar-refractivity contribution in [3.8, 4) is 11.5 Å². The minimum absolute atomic E-state index is 0.194. The zero-order valence-corrected chi connectivity index (χ0v) is 13.8. The molecule has 0 bridgehead atoms. The van der Waals surface area contributed by atoms with Crippen LogP contribution in [-0.2, 0) is 9.53 Å². The number of methoxy groups -OCH3 is 2. The Bertz CT molecular complexity index is 725. The molecule has 0 spiro atoms. The van der Waals surface area contributed by atoms with Crippen molar-refractivity contribution in [3.63, 3.8) is 0 Å². The van der Waals surface area contributed by atoms with Crippen LogP contribution in [0, 0.1) is 6.92 Å². The van der Waals surface area contributed by atoms with E-state index in [0.29, 0.717) is 17.2 Å². The number of hydrogen-bond acceptors (Lipinski definition) is 5. The van der Waals surface area contributed by atoms with Crippen LogP contribution in [-0.4, -0.2) is 32.7 Å². The lowest BCUT2D eigenvalue weighted by atomic mass is 10.2. The molecular formula is C18H19NO5. The highest BCUT2D eigenvalue weighted by Gasteiger charge is 2.16.